The number of hydrogen-bond donors (Lipinski definition) is 2. The number of nitrogens with zero attached hydrogens (tertiary/aromatic N) is 1. The predicted octanol–water partition coefficient (Wildman–Crippen LogP) is 1.17. The quantitative estimate of drug-likeness (QED) is 0.787. The van der Waals surface area contributed by atoms with Gasteiger partial charge in [-0.15, -0.1) is 0 Å². The third-order valence-electron chi connectivity index (χ3n) is 3.47. The van der Waals surface area contributed by atoms with E-state index in [2.05, 4.69) is 5.32 Å². The van der Waals surface area contributed by atoms with Gasteiger partial charge in [0.15, 0.2) is 0 Å². The SMILES string of the molecule is COCC1CCCN(C(=O)NCC(C)(C)C(=O)O)C1. The lowest BCUT2D eigenvalue weighted by Crippen LogP contribution is -2.49. The lowest BCUT2D eigenvalue weighted by atomic mass is 9.94. The second-order valence-corrected chi connectivity index (χ2v) is 5.76. The number of carbonyl (C=O) groups excluding carboxylic acids is 1. The van der Waals surface area contributed by atoms with Gasteiger partial charge in [0.2, 0.25) is 0 Å². The number of carboxylic acids is 1. The first-order valence-electron chi connectivity index (χ1n) is 6.62. The Morgan fingerprint density at radius 2 is 2.16 bits per heavy atom. The minimum Gasteiger partial charge on any atom is -0.481 e. The van der Waals surface area contributed by atoms with Gasteiger partial charge >= 0.3 is 12.0 Å². The molecule has 1 aliphatic rings. The summed E-state index contributed by atoms with van der Waals surface area (Å²) in [7, 11) is 1.66. The van der Waals surface area contributed by atoms with Crippen LogP contribution in [0.4, 0.5) is 4.79 Å². The van der Waals surface area contributed by atoms with Crippen LogP contribution in [0.2, 0.25) is 0 Å². The molecular formula is C13H24N2O4. The molecule has 6 nitrogen and oxygen atoms in total. The molecule has 0 aromatic rings. The molecule has 2 N–H and O–H groups in total. The van der Waals surface area contributed by atoms with Crippen molar-refractivity contribution in [2.75, 3.05) is 33.4 Å². The second kappa shape index (κ2) is 6.75. The fraction of sp³-hybridized carbons (Fsp3) is 0.846. The van der Waals surface area contributed by atoms with E-state index in [-0.39, 0.29) is 12.6 Å². The first-order valence-corrected chi connectivity index (χ1v) is 6.62. The molecule has 0 spiro atoms. The van der Waals surface area contributed by atoms with E-state index in [1.54, 1.807) is 25.9 Å². The van der Waals surface area contributed by atoms with Gasteiger partial charge < -0.3 is 20.1 Å². The summed E-state index contributed by atoms with van der Waals surface area (Å²) in [6.45, 7) is 5.38. The summed E-state index contributed by atoms with van der Waals surface area (Å²) in [4.78, 5) is 24.7. The molecule has 0 aliphatic carbocycles. The van der Waals surface area contributed by atoms with Crippen molar-refractivity contribution in [3.05, 3.63) is 0 Å². The normalized spacial score (nSPS) is 20.2. The molecule has 1 atom stereocenters. The monoisotopic (exact) mass is 272 g/mol. The van der Waals surface area contributed by atoms with Gasteiger partial charge in [-0.1, -0.05) is 0 Å². The molecule has 0 radical (unpaired) electrons. The zero-order chi connectivity index (χ0) is 14.5. The van der Waals surface area contributed by atoms with Crippen LogP contribution in [-0.4, -0.2) is 55.4 Å². The van der Waals surface area contributed by atoms with Crippen LogP contribution in [0.1, 0.15) is 26.7 Å². The summed E-state index contributed by atoms with van der Waals surface area (Å²) in [6.07, 6.45) is 2.03. The number of methoxy groups -OCH3 is 1. The Kier molecular flexibility index (Phi) is 5.60. The van der Waals surface area contributed by atoms with E-state index in [0.717, 1.165) is 19.4 Å². The molecule has 1 rings (SSSR count). The lowest BCUT2D eigenvalue weighted by molar-refractivity contribution is -0.146. The van der Waals surface area contributed by atoms with Crippen LogP contribution in [0.3, 0.4) is 0 Å². The molecule has 1 saturated heterocycles. The van der Waals surface area contributed by atoms with Crippen LogP contribution < -0.4 is 5.32 Å². The fourth-order valence-electron chi connectivity index (χ4n) is 2.11. The van der Waals surface area contributed by atoms with Crippen LogP contribution in [0, 0.1) is 11.3 Å². The highest BCUT2D eigenvalue weighted by atomic mass is 16.5. The van der Waals surface area contributed by atoms with Crippen LogP contribution >= 0.6 is 0 Å². The molecule has 1 unspecified atom stereocenters. The summed E-state index contributed by atoms with van der Waals surface area (Å²) < 4.78 is 5.12. The van der Waals surface area contributed by atoms with Gasteiger partial charge in [-0.25, -0.2) is 4.79 Å². The molecule has 0 saturated carbocycles. The van der Waals surface area contributed by atoms with Gasteiger partial charge in [0.05, 0.1) is 12.0 Å². The van der Waals surface area contributed by atoms with Crippen LogP contribution in [0.25, 0.3) is 0 Å². The third kappa shape index (κ3) is 4.70. The zero-order valence-electron chi connectivity index (χ0n) is 11.9. The van der Waals surface area contributed by atoms with E-state index in [4.69, 9.17) is 9.84 Å². The number of carboxylic acid groups (broad SMARTS) is 1. The van der Waals surface area contributed by atoms with E-state index < -0.39 is 11.4 Å². The number of hydrogen-bond acceptors (Lipinski definition) is 3. The number of piperidine rings is 1. The van der Waals surface area contributed by atoms with Crippen molar-refractivity contribution >= 4 is 12.0 Å². The summed E-state index contributed by atoms with van der Waals surface area (Å²) >= 11 is 0. The van der Waals surface area contributed by atoms with Crippen molar-refractivity contribution in [3.8, 4) is 0 Å². The number of carbonyl (C=O) groups is 2. The Morgan fingerprint density at radius 3 is 2.74 bits per heavy atom. The molecular weight excluding hydrogens is 248 g/mol. The van der Waals surface area contributed by atoms with E-state index in [1.165, 1.54) is 0 Å². The van der Waals surface area contributed by atoms with Crippen LogP contribution in [-0.2, 0) is 9.53 Å². The van der Waals surface area contributed by atoms with Gasteiger partial charge in [-0.3, -0.25) is 4.79 Å². The Labute approximate surface area is 114 Å². The molecule has 110 valence electrons. The number of rotatable bonds is 5. The molecule has 0 bridgehead atoms. The van der Waals surface area contributed by atoms with Gasteiger partial charge in [0.25, 0.3) is 0 Å². The smallest absolute Gasteiger partial charge is 0.317 e. The fourth-order valence-corrected chi connectivity index (χ4v) is 2.11. The van der Waals surface area contributed by atoms with Crippen molar-refractivity contribution < 1.29 is 19.4 Å². The standard InChI is InChI=1S/C13H24N2O4/c1-13(2,11(16)17)9-14-12(18)15-6-4-5-10(7-15)8-19-3/h10H,4-9H2,1-3H3,(H,14,18)(H,16,17). The van der Waals surface area contributed by atoms with E-state index in [0.29, 0.717) is 19.1 Å². The summed E-state index contributed by atoms with van der Waals surface area (Å²) in [5.74, 6) is -0.541. The Balaban J connectivity index is 2.43. The maximum absolute atomic E-state index is 12.0. The van der Waals surface area contributed by atoms with Crippen molar-refractivity contribution in [2.45, 2.75) is 26.7 Å². The van der Waals surface area contributed by atoms with Gasteiger partial charge in [0, 0.05) is 32.7 Å². The second-order valence-electron chi connectivity index (χ2n) is 5.76. The predicted molar refractivity (Wildman–Crippen MR) is 71.0 cm³/mol. The number of amides is 2. The van der Waals surface area contributed by atoms with Gasteiger partial charge in [-0.05, 0) is 26.7 Å². The molecule has 6 heteroatoms. The molecule has 1 heterocycles. The van der Waals surface area contributed by atoms with Gasteiger partial charge in [-0.2, -0.15) is 0 Å². The molecule has 1 fully saturated rings. The summed E-state index contributed by atoms with van der Waals surface area (Å²) in [5, 5.41) is 11.7. The third-order valence-corrected chi connectivity index (χ3v) is 3.47. The molecule has 1 aliphatic heterocycles. The Morgan fingerprint density at radius 1 is 1.47 bits per heavy atom. The van der Waals surface area contributed by atoms with Crippen molar-refractivity contribution in [1.82, 2.24) is 10.2 Å². The zero-order valence-corrected chi connectivity index (χ0v) is 11.9. The maximum atomic E-state index is 12.0. The molecule has 0 aromatic carbocycles. The number of urea groups is 1. The van der Waals surface area contributed by atoms with E-state index in [9.17, 15) is 9.59 Å². The van der Waals surface area contributed by atoms with Crippen molar-refractivity contribution in [3.63, 3.8) is 0 Å². The van der Waals surface area contributed by atoms with E-state index >= 15 is 0 Å². The van der Waals surface area contributed by atoms with Gasteiger partial charge in [0.1, 0.15) is 0 Å². The average Bonchev–Trinajstić information content (AvgIpc) is 2.36. The molecule has 19 heavy (non-hydrogen) atoms. The van der Waals surface area contributed by atoms with E-state index in [1.807, 2.05) is 0 Å². The van der Waals surface area contributed by atoms with Crippen molar-refractivity contribution in [2.24, 2.45) is 11.3 Å². The first-order chi connectivity index (χ1) is 8.86. The summed E-state index contributed by atoms with van der Waals surface area (Å²) in [5.41, 5.74) is -0.947. The minimum absolute atomic E-state index is 0.132. The molecule has 0 aromatic heterocycles. The highest BCUT2D eigenvalue weighted by Gasteiger charge is 2.29. The van der Waals surface area contributed by atoms with Crippen molar-refractivity contribution in [1.29, 1.82) is 0 Å². The molecule has 2 amide bonds. The topological polar surface area (TPSA) is 78.9 Å². The highest BCUT2D eigenvalue weighted by Crippen LogP contribution is 2.17. The largest absolute Gasteiger partial charge is 0.481 e. The number of likely N-dealkylation sites (tertiary alicyclic amines) is 1. The minimum atomic E-state index is -0.947. The Bertz CT molecular complexity index is 329. The number of nitrogens with one attached hydrogen (secondary N) is 1. The lowest BCUT2D eigenvalue weighted by Gasteiger charge is -2.33. The first kappa shape index (κ1) is 15.8. The van der Waals surface area contributed by atoms with Crippen LogP contribution in [0.5, 0.6) is 0 Å². The average molecular weight is 272 g/mol. The number of aliphatic carboxylic acids is 1. The van der Waals surface area contributed by atoms with Crippen LogP contribution in [0.15, 0.2) is 0 Å². The Hall–Kier alpha value is -1.30. The highest BCUT2D eigenvalue weighted by molar-refractivity contribution is 5.77. The number of ether oxygens (including phenoxy) is 1. The maximum Gasteiger partial charge on any atom is 0.317 e. The summed E-state index contributed by atoms with van der Waals surface area (Å²) in [6, 6.07) is -0.185.